The number of carbonyl (C=O) groups excluding carboxylic acids is 1. The first-order valence-corrected chi connectivity index (χ1v) is 5.30. The molecule has 0 heterocycles. The molecule has 3 heteroatoms. The Labute approximate surface area is 98.4 Å². The minimum absolute atomic E-state index is 0.0662. The summed E-state index contributed by atoms with van der Waals surface area (Å²) in [5, 5.41) is 0. The van der Waals surface area contributed by atoms with Crippen LogP contribution in [0.15, 0.2) is 22.7 Å². The summed E-state index contributed by atoms with van der Waals surface area (Å²) in [6.07, 6.45) is 5.16. The number of carbonyl (C=O) groups is 1. The van der Waals surface area contributed by atoms with Crippen LogP contribution in [0.3, 0.4) is 0 Å². The minimum atomic E-state index is -0.0662. The van der Waals surface area contributed by atoms with Crippen LogP contribution in [-0.4, -0.2) is 24.4 Å². The van der Waals surface area contributed by atoms with Crippen LogP contribution in [-0.2, 0) is 0 Å². The zero-order valence-corrected chi connectivity index (χ0v) is 10.3. The van der Waals surface area contributed by atoms with Crippen LogP contribution in [0, 0.1) is 19.3 Å². The lowest BCUT2D eigenvalue weighted by molar-refractivity contribution is 0.0811. The van der Waals surface area contributed by atoms with Crippen molar-refractivity contribution in [1.29, 1.82) is 0 Å². The first-order chi connectivity index (χ1) is 7.06. The summed E-state index contributed by atoms with van der Waals surface area (Å²) in [6, 6.07) is 5.66. The van der Waals surface area contributed by atoms with Crippen molar-refractivity contribution in [3.8, 4) is 12.3 Å². The summed E-state index contributed by atoms with van der Waals surface area (Å²) in [5.41, 5.74) is 1.70. The van der Waals surface area contributed by atoms with E-state index in [1.165, 1.54) is 4.90 Å². The smallest absolute Gasteiger partial charge is 0.255 e. The third-order valence-corrected chi connectivity index (χ3v) is 2.72. The van der Waals surface area contributed by atoms with E-state index in [1.807, 2.05) is 25.1 Å². The van der Waals surface area contributed by atoms with Crippen LogP contribution in [0.2, 0.25) is 0 Å². The second-order valence-corrected chi connectivity index (χ2v) is 4.20. The molecule has 0 N–H and O–H groups in total. The van der Waals surface area contributed by atoms with Crippen LogP contribution >= 0.6 is 15.9 Å². The first-order valence-electron chi connectivity index (χ1n) is 4.51. The zero-order chi connectivity index (χ0) is 11.4. The van der Waals surface area contributed by atoms with Crippen molar-refractivity contribution in [1.82, 2.24) is 4.90 Å². The molecule has 78 valence electrons. The number of nitrogens with zero attached hydrogens (tertiary/aromatic N) is 1. The Bertz CT molecular complexity index is 420. The normalized spacial score (nSPS) is 9.47. The Hall–Kier alpha value is -1.27. The molecule has 0 aliphatic heterocycles. The zero-order valence-electron chi connectivity index (χ0n) is 8.75. The van der Waals surface area contributed by atoms with Gasteiger partial charge < -0.3 is 4.90 Å². The molecule has 0 aromatic heterocycles. The standard InChI is InChI=1S/C12H12BrNO/c1-4-7-14(3)12(15)10-8-9(2)5-6-11(10)13/h1,5-6,8H,7H2,2-3H3. The van der Waals surface area contributed by atoms with Gasteiger partial charge in [0.1, 0.15) is 0 Å². The number of terminal acetylenes is 1. The number of halogens is 1. The predicted octanol–water partition coefficient (Wildman–Crippen LogP) is 2.46. The highest BCUT2D eigenvalue weighted by molar-refractivity contribution is 9.10. The van der Waals surface area contributed by atoms with Crippen molar-refractivity contribution < 1.29 is 4.79 Å². The van der Waals surface area contributed by atoms with Crippen molar-refractivity contribution >= 4 is 21.8 Å². The SMILES string of the molecule is C#CCN(C)C(=O)c1cc(C)ccc1Br. The van der Waals surface area contributed by atoms with E-state index < -0.39 is 0 Å². The Kier molecular flexibility index (Phi) is 3.93. The summed E-state index contributed by atoms with van der Waals surface area (Å²) in [7, 11) is 1.69. The monoisotopic (exact) mass is 265 g/mol. The number of benzene rings is 1. The molecule has 0 aliphatic rings. The summed E-state index contributed by atoms with van der Waals surface area (Å²) in [6.45, 7) is 2.27. The molecule has 0 saturated heterocycles. The first kappa shape index (κ1) is 11.8. The van der Waals surface area contributed by atoms with Gasteiger partial charge >= 0.3 is 0 Å². The van der Waals surface area contributed by atoms with E-state index in [1.54, 1.807) is 7.05 Å². The van der Waals surface area contributed by atoms with E-state index in [2.05, 4.69) is 21.9 Å². The molecule has 1 aromatic rings. The van der Waals surface area contributed by atoms with E-state index in [4.69, 9.17) is 6.42 Å². The Balaban J connectivity index is 3.01. The molecule has 0 saturated carbocycles. The molecule has 0 radical (unpaired) electrons. The van der Waals surface area contributed by atoms with Crippen molar-refractivity contribution in [3.05, 3.63) is 33.8 Å². The molecule has 2 nitrogen and oxygen atoms in total. The highest BCUT2D eigenvalue weighted by Crippen LogP contribution is 2.19. The summed E-state index contributed by atoms with van der Waals surface area (Å²) < 4.78 is 0.793. The number of rotatable bonds is 2. The number of hydrogen-bond donors (Lipinski definition) is 0. The fourth-order valence-electron chi connectivity index (χ4n) is 1.22. The van der Waals surface area contributed by atoms with Gasteiger partial charge in [0.25, 0.3) is 5.91 Å². The third-order valence-electron chi connectivity index (χ3n) is 2.03. The highest BCUT2D eigenvalue weighted by atomic mass is 79.9. The summed E-state index contributed by atoms with van der Waals surface area (Å²) in [4.78, 5) is 13.4. The lowest BCUT2D eigenvalue weighted by atomic mass is 10.1. The average Bonchev–Trinajstić information content (AvgIpc) is 2.21. The lowest BCUT2D eigenvalue weighted by Crippen LogP contribution is -2.27. The van der Waals surface area contributed by atoms with Crippen LogP contribution in [0.1, 0.15) is 15.9 Å². The van der Waals surface area contributed by atoms with Crippen LogP contribution < -0.4 is 0 Å². The summed E-state index contributed by atoms with van der Waals surface area (Å²) >= 11 is 3.35. The molecule has 0 fully saturated rings. The second kappa shape index (κ2) is 4.99. The Morgan fingerprint density at radius 3 is 2.87 bits per heavy atom. The van der Waals surface area contributed by atoms with E-state index in [-0.39, 0.29) is 5.91 Å². The van der Waals surface area contributed by atoms with E-state index in [9.17, 15) is 4.79 Å². The molecular formula is C12H12BrNO. The highest BCUT2D eigenvalue weighted by Gasteiger charge is 2.13. The van der Waals surface area contributed by atoms with Crippen LogP contribution in [0.25, 0.3) is 0 Å². The second-order valence-electron chi connectivity index (χ2n) is 3.35. The Morgan fingerprint density at radius 1 is 1.60 bits per heavy atom. The maximum atomic E-state index is 11.9. The minimum Gasteiger partial charge on any atom is -0.331 e. The van der Waals surface area contributed by atoms with Gasteiger partial charge in [-0.25, -0.2) is 0 Å². The molecule has 1 aromatic carbocycles. The van der Waals surface area contributed by atoms with Gasteiger partial charge in [-0.1, -0.05) is 17.6 Å². The van der Waals surface area contributed by atoms with Gasteiger partial charge in [-0.05, 0) is 35.0 Å². The average molecular weight is 266 g/mol. The van der Waals surface area contributed by atoms with Gasteiger partial charge in [0, 0.05) is 11.5 Å². The maximum Gasteiger partial charge on any atom is 0.255 e. The topological polar surface area (TPSA) is 20.3 Å². The van der Waals surface area contributed by atoms with E-state index in [0.29, 0.717) is 12.1 Å². The predicted molar refractivity (Wildman–Crippen MR) is 64.7 cm³/mol. The maximum absolute atomic E-state index is 11.9. The number of aryl methyl sites for hydroxylation is 1. The quantitative estimate of drug-likeness (QED) is 0.753. The molecular weight excluding hydrogens is 254 g/mol. The Morgan fingerprint density at radius 2 is 2.27 bits per heavy atom. The molecule has 0 unspecified atom stereocenters. The van der Waals surface area contributed by atoms with Crippen LogP contribution in [0.5, 0.6) is 0 Å². The van der Waals surface area contributed by atoms with E-state index in [0.717, 1.165) is 10.0 Å². The summed E-state index contributed by atoms with van der Waals surface area (Å²) in [5.74, 6) is 2.38. The fourth-order valence-corrected chi connectivity index (χ4v) is 1.63. The third kappa shape index (κ3) is 2.84. The van der Waals surface area contributed by atoms with Gasteiger partial charge in [0.2, 0.25) is 0 Å². The molecule has 1 rings (SSSR count). The molecule has 0 spiro atoms. The van der Waals surface area contributed by atoms with Gasteiger partial charge in [-0.3, -0.25) is 4.79 Å². The molecule has 0 aliphatic carbocycles. The number of hydrogen-bond acceptors (Lipinski definition) is 1. The van der Waals surface area contributed by atoms with Crippen molar-refractivity contribution in [2.24, 2.45) is 0 Å². The van der Waals surface area contributed by atoms with Gasteiger partial charge in [-0.15, -0.1) is 6.42 Å². The van der Waals surface area contributed by atoms with Crippen molar-refractivity contribution in [3.63, 3.8) is 0 Å². The van der Waals surface area contributed by atoms with Crippen LogP contribution in [0.4, 0.5) is 0 Å². The number of amides is 1. The van der Waals surface area contributed by atoms with Gasteiger partial charge in [0.15, 0.2) is 0 Å². The van der Waals surface area contributed by atoms with Gasteiger partial charge in [0.05, 0.1) is 12.1 Å². The molecule has 15 heavy (non-hydrogen) atoms. The molecule has 1 amide bonds. The molecule has 0 bridgehead atoms. The largest absolute Gasteiger partial charge is 0.331 e. The van der Waals surface area contributed by atoms with E-state index >= 15 is 0 Å². The fraction of sp³-hybridized carbons (Fsp3) is 0.250. The molecule has 0 atom stereocenters. The lowest BCUT2D eigenvalue weighted by Gasteiger charge is -2.15. The van der Waals surface area contributed by atoms with Crippen molar-refractivity contribution in [2.45, 2.75) is 6.92 Å². The van der Waals surface area contributed by atoms with Crippen molar-refractivity contribution in [2.75, 3.05) is 13.6 Å². The van der Waals surface area contributed by atoms with Gasteiger partial charge in [-0.2, -0.15) is 0 Å².